The predicted molar refractivity (Wildman–Crippen MR) is 93.9 cm³/mol. The summed E-state index contributed by atoms with van der Waals surface area (Å²) >= 11 is 0. The molecule has 2 aliphatic rings. The highest BCUT2D eigenvalue weighted by atomic mass is 32.2. The highest BCUT2D eigenvalue weighted by Gasteiger charge is 2.42. The van der Waals surface area contributed by atoms with E-state index in [1.54, 1.807) is 12.4 Å². The maximum Gasteiger partial charge on any atom is 0.224 e. The Labute approximate surface area is 155 Å². The van der Waals surface area contributed by atoms with E-state index in [2.05, 4.69) is 10.3 Å². The van der Waals surface area contributed by atoms with E-state index in [0.717, 1.165) is 24.7 Å². The molecule has 0 spiro atoms. The second-order valence-electron chi connectivity index (χ2n) is 7.17. The van der Waals surface area contributed by atoms with E-state index in [1.165, 1.54) is 12.1 Å². The van der Waals surface area contributed by atoms with E-state index < -0.39 is 39.5 Å². The zero-order chi connectivity index (χ0) is 19.2. The van der Waals surface area contributed by atoms with Crippen LogP contribution >= 0.6 is 0 Å². The molecule has 1 aromatic carbocycles. The topological polar surface area (TPSA) is 81.1 Å². The number of imidazole rings is 1. The third kappa shape index (κ3) is 3.73. The number of halogens is 2. The van der Waals surface area contributed by atoms with Gasteiger partial charge in [0, 0.05) is 23.9 Å². The van der Waals surface area contributed by atoms with Crippen LogP contribution in [0.25, 0.3) is 0 Å². The molecule has 27 heavy (non-hydrogen) atoms. The first-order valence-electron chi connectivity index (χ1n) is 8.79. The number of nitrogens with one attached hydrogen (secondary N) is 1. The number of nitrogens with zero attached hydrogens (tertiary/aromatic N) is 2. The normalized spacial score (nSPS) is 24.1. The summed E-state index contributed by atoms with van der Waals surface area (Å²) in [7, 11) is -3.32. The summed E-state index contributed by atoms with van der Waals surface area (Å²) in [5.74, 6) is -1.71. The molecule has 2 atom stereocenters. The van der Waals surface area contributed by atoms with Crippen molar-refractivity contribution in [3.8, 4) is 0 Å². The molecule has 2 aromatic rings. The number of rotatable bonds is 5. The molecule has 0 radical (unpaired) electrons. The molecule has 1 aliphatic heterocycles. The molecule has 0 unspecified atom stereocenters. The lowest BCUT2D eigenvalue weighted by atomic mass is 10.1. The van der Waals surface area contributed by atoms with Crippen LogP contribution in [0, 0.1) is 11.6 Å². The van der Waals surface area contributed by atoms with Crippen LogP contribution in [0.5, 0.6) is 0 Å². The Morgan fingerprint density at radius 3 is 2.78 bits per heavy atom. The van der Waals surface area contributed by atoms with Gasteiger partial charge in [-0.2, -0.15) is 0 Å². The number of benzene rings is 1. The third-order valence-corrected chi connectivity index (χ3v) is 6.77. The number of amides is 1. The summed E-state index contributed by atoms with van der Waals surface area (Å²) in [6, 6.07) is 2.56. The van der Waals surface area contributed by atoms with Crippen molar-refractivity contribution in [2.45, 2.75) is 37.3 Å². The SMILES string of the molecule is O=C(Cc1cccc(F)c1F)N[C@@H]1CS(=O)(=O)C[C@H]1n1ccnc1C1CC1. The maximum atomic E-state index is 13.8. The largest absolute Gasteiger partial charge is 0.350 e. The number of sulfone groups is 1. The lowest BCUT2D eigenvalue weighted by Crippen LogP contribution is -2.42. The highest BCUT2D eigenvalue weighted by Crippen LogP contribution is 2.41. The number of carbonyl (C=O) groups is 1. The van der Waals surface area contributed by atoms with Crippen LogP contribution in [0.4, 0.5) is 8.78 Å². The Morgan fingerprint density at radius 1 is 1.26 bits per heavy atom. The van der Waals surface area contributed by atoms with Crippen molar-refractivity contribution in [1.82, 2.24) is 14.9 Å². The zero-order valence-electron chi connectivity index (χ0n) is 14.4. The van der Waals surface area contributed by atoms with E-state index in [4.69, 9.17) is 0 Å². The van der Waals surface area contributed by atoms with Gasteiger partial charge in [-0.05, 0) is 18.9 Å². The van der Waals surface area contributed by atoms with Crippen LogP contribution < -0.4 is 5.32 Å². The molecule has 1 aliphatic carbocycles. The van der Waals surface area contributed by atoms with Crippen molar-refractivity contribution < 1.29 is 22.0 Å². The molecule has 2 fully saturated rings. The van der Waals surface area contributed by atoms with Crippen LogP contribution in [0.2, 0.25) is 0 Å². The van der Waals surface area contributed by atoms with Gasteiger partial charge in [0.1, 0.15) is 5.82 Å². The summed E-state index contributed by atoms with van der Waals surface area (Å²) in [5.41, 5.74) is -0.0637. The molecular formula is C18H19F2N3O3S. The molecule has 1 saturated carbocycles. The molecule has 2 heterocycles. The Hall–Kier alpha value is -2.29. The van der Waals surface area contributed by atoms with Crippen LogP contribution in [-0.2, 0) is 21.1 Å². The van der Waals surface area contributed by atoms with Crippen LogP contribution in [0.1, 0.15) is 36.2 Å². The summed E-state index contributed by atoms with van der Waals surface area (Å²) in [6.45, 7) is 0. The lowest BCUT2D eigenvalue weighted by molar-refractivity contribution is -0.121. The zero-order valence-corrected chi connectivity index (χ0v) is 15.3. The first kappa shape index (κ1) is 18.1. The highest BCUT2D eigenvalue weighted by molar-refractivity contribution is 7.91. The van der Waals surface area contributed by atoms with Crippen molar-refractivity contribution in [2.75, 3.05) is 11.5 Å². The molecule has 1 saturated heterocycles. The minimum Gasteiger partial charge on any atom is -0.350 e. The monoisotopic (exact) mass is 395 g/mol. The molecule has 144 valence electrons. The van der Waals surface area contributed by atoms with E-state index in [0.29, 0.717) is 5.92 Å². The van der Waals surface area contributed by atoms with Crippen molar-refractivity contribution in [3.05, 3.63) is 53.6 Å². The molecular weight excluding hydrogens is 376 g/mol. The summed E-state index contributed by atoms with van der Waals surface area (Å²) < 4.78 is 53.3. The second-order valence-corrected chi connectivity index (χ2v) is 9.33. The number of aromatic nitrogens is 2. The van der Waals surface area contributed by atoms with Crippen molar-refractivity contribution in [1.29, 1.82) is 0 Å². The van der Waals surface area contributed by atoms with Crippen LogP contribution in [-0.4, -0.2) is 41.4 Å². The van der Waals surface area contributed by atoms with Crippen LogP contribution in [0.3, 0.4) is 0 Å². The quantitative estimate of drug-likeness (QED) is 0.836. The van der Waals surface area contributed by atoms with Crippen molar-refractivity contribution in [2.24, 2.45) is 0 Å². The fraction of sp³-hybridized carbons (Fsp3) is 0.444. The molecule has 1 amide bonds. The summed E-state index contributed by atoms with van der Waals surface area (Å²) in [6.07, 6.45) is 5.06. The molecule has 9 heteroatoms. The van der Waals surface area contributed by atoms with Gasteiger partial charge in [0.15, 0.2) is 21.5 Å². The van der Waals surface area contributed by atoms with Crippen molar-refractivity contribution in [3.63, 3.8) is 0 Å². The summed E-state index contributed by atoms with van der Waals surface area (Å²) in [4.78, 5) is 16.7. The smallest absolute Gasteiger partial charge is 0.224 e. The van der Waals surface area contributed by atoms with E-state index >= 15 is 0 Å². The first-order valence-corrected chi connectivity index (χ1v) is 10.6. The van der Waals surface area contributed by atoms with Crippen LogP contribution in [0.15, 0.2) is 30.6 Å². The van der Waals surface area contributed by atoms with Gasteiger partial charge in [-0.25, -0.2) is 22.2 Å². The lowest BCUT2D eigenvalue weighted by Gasteiger charge is -2.22. The van der Waals surface area contributed by atoms with E-state index in [9.17, 15) is 22.0 Å². The molecule has 1 N–H and O–H groups in total. The minimum absolute atomic E-state index is 0.0637. The van der Waals surface area contributed by atoms with Gasteiger partial charge in [0.05, 0.1) is 30.0 Å². The Balaban J connectivity index is 1.53. The number of hydrogen-bond acceptors (Lipinski definition) is 4. The average Bonchev–Trinajstić information content (AvgIpc) is 3.24. The molecule has 6 nitrogen and oxygen atoms in total. The maximum absolute atomic E-state index is 13.8. The molecule has 0 bridgehead atoms. The Morgan fingerprint density at radius 2 is 2.04 bits per heavy atom. The van der Waals surface area contributed by atoms with E-state index in [-0.39, 0.29) is 23.5 Å². The molecule has 1 aromatic heterocycles. The number of carbonyl (C=O) groups excluding carboxylic acids is 1. The van der Waals surface area contributed by atoms with Gasteiger partial charge in [-0.1, -0.05) is 12.1 Å². The van der Waals surface area contributed by atoms with Gasteiger partial charge >= 0.3 is 0 Å². The second kappa shape index (κ2) is 6.70. The van der Waals surface area contributed by atoms with Gasteiger partial charge in [0.2, 0.25) is 5.91 Å². The van der Waals surface area contributed by atoms with Gasteiger partial charge in [-0.15, -0.1) is 0 Å². The minimum atomic E-state index is -3.32. The van der Waals surface area contributed by atoms with Gasteiger partial charge < -0.3 is 9.88 Å². The fourth-order valence-corrected chi connectivity index (χ4v) is 5.52. The van der Waals surface area contributed by atoms with Gasteiger partial charge in [-0.3, -0.25) is 4.79 Å². The standard InChI is InChI=1S/C18H19F2N3O3S/c19-13-3-1-2-12(17(13)20)8-16(24)22-14-9-27(25,26)10-15(14)23-7-6-21-18(23)11-4-5-11/h1-3,6-7,11,14-15H,4-5,8-10H2,(H,22,24)/t14-,15-/m1/s1. The molecule has 4 rings (SSSR count). The fourth-order valence-electron chi connectivity index (χ4n) is 3.62. The average molecular weight is 395 g/mol. The predicted octanol–water partition coefficient (Wildman–Crippen LogP) is 1.74. The first-order chi connectivity index (χ1) is 12.8. The van der Waals surface area contributed by atoms with Gasteiger partial charge in [0.25, 0.3) is 0 Å². The summed E-state index contributed by atoms with van der Waals surface area (Å²) in [5, 5.41) is 2.70. The Kier molecular flexibility index (Phi) is 4.49. The van der Waals surface area contributed by atoms with E-state index in [1.807, 2.05) is 4.57 Å². The van der Waals surface area contributed by atoms with Crippen molar-refractivity contribution >= 4 is 15.7 Å². The Bertz CT molecular complexity index is 985. The number of hydrogen-bond donors (Lipinski definition) is 1. The third-order valence-electron chi connectivity index (χ3n) is 5.05.